The minimum atomic E-state index is -1.10. The number of carbonyl (C=O) groups excluding carboxylic acids is 7. The molecular weight excluding hydrogens is 853 g/mol. The van der Waals surface area contributed by atoms with Crippen molar-refractivity contribution < 1.29 is 33.6 Å². The zero-order valence-electron chi connectivity index (χ0n) is 38.1. The van der Waals surface area contributed by atoms with Gasteiger partial charge in [-0.05, 0) is 118 Å². The van der Waals surface area contributed by atoms with Crippen molar-refractivity contribution in [2.24, 2.45) is 30.4 Å². The standard InChI is InChI=1S/C51H62N8O8/c1-57-42-29-34(18-22-39(42)59(51(57)67)41-24-27-45(62)55-49(41)65)31-15-12-30(13-16-31)14-25-43(60)35-17-19-36-20-23-40(58(36)50(66)37(52)28-35)48(64)54-38(21-26-44(53)61)47(63)56-46(32-8-4-2-5-9-32)33-10-6-3-7-11-33/h2-11,18,22,29-31,35-38,40-41,46H,12-17,19-21,23-28,52H2,1H3,(H2,53,61)(H,54,64)(H,56,63)(H,55,62,65)/t30-,31+,35?,36-,37-,38-,40-,41?/m0/s1. The van der Waals surface area contributed by atoms with Gasteiger partial charge in [-0.2, -0.15) is 0 Å². The molecule has 0 spiro atoms. The fourth-order valence-electron chi connectivity index (χ4n) is 11.1. The van der Waals surface area contributed by atoms with Crippen LogP contribution in [-0.2, 0) is 40.6 Å². The van der Waals surface area contributed by atoms with Gasteiger partial charge in [0.1, 0.15) is 23.9 Å². The number of primary amides is 1. The number of ketones is 1. The van der Waals surface area contributed by atoms with Gasteiger partial charge in [-0.25, -0.2) is 4.79 Å². The van der Waals surface area contributed by atoms with E-state index in [0.717, 1.165) is 54.3 Å². The highest BCUT2D eigenvalue weighted by atomic mass is 16.2. The molecule has 4 heterocycles. The van der Waals surface area contributed by atoms with Gasteiger partial charge in [0.15, 0.2) is 0 Å². The van der Waals surface area contributed by atoms with Crippen molar-refractivity contribution >= 4 is 52.3 Å². The van der Waals surface area contributed by atoms with Gasteiger partial charge < -0.3 is 27.0 Å². The molecule has 3 saturated heterocycles. The first-order chi connectivity index (χ1) is 32.3. The van der Waals surface area contributed by atoms with E-state index in [1.807, 2.05) is 78.9 Å². The summed E-state index contributed by atoms with van der Waals surface area (Å²) in [6, 6.07) is 20.4. The smallest absolute Gasteiger partial charge is 0.329 e. The minimum absolute atomic E-state index is 0.0255. The van der Waals surface area contributed by atoms with E-state index in [1.54, 1.807) is 16.5 Å². The second-order valence-electron chi connectivity index (χ2n) is 19.1. The molecule has 4 fully saturated rings. The zero-order chi connectivity index (χ0) is 47.4. The number of aryl methyl sites for hydroxylation is 1. The number of aromatic nitrogens is 2. The Kier molecular flexibility index (Phi) is 14.5. The SMILES string of the molecule is Cn1c(=O)n(C2CCC(=O)NC2=O)c2ccc([C@H]3CC[C@@H](CCC(=O)C4CC[C@H]5CC[C@@H](C(=O)N[C@@H](CCC(N)=O)C(=O)NC(c6ccccc6)c6ccccc6)N5C(=O)[C@@H](N)C4)CC3)cc21. The molecule has 1 aromatic heterocycles. The van der Waals surface area contributed by atoms with Crippen molar-refractivity contribution in [3.63, 3.8) is 0 Å². The summed E-state index contributed by atoms with van der Waals surface area (Å²) in [5, 5.41) is 8.28. The van der Waals surface area contributed by atoms with Gasteiger partial charge in [-0.15, -0.1) is 0 Å². The topological polar surface area (TPSA) is 238 Å². The van der Waals surface area contributed by atoms with Crippen molar-refractivity contribution in [1.29, 1.82) is 0 Å². The van der Waals surface area contributed by atoms with Crippen molar-refractivity contribution in [3.05, 3.63) is 106 Å². The lowest BCUT2D eigenvalue weighted by Gasteiger charge is -2.36. The molecule has 354 valence electrons. The average Bonchev–Trinajstić information content (AvgIpc) is 3.86. The molecule has 7 N–H and O–H groups in total. The highest BCUT2D eigenvalue weighted by Crippen LogP contribution is 2.40. The van der Waals surface area contributed by atoms with Gasteiger partial charge in [0.2, 0.25) is 35.4 Å². The molecular formula is C51H62N8O8. The Morgan fingerprint density at radius 3 is 2.10 bits per heavy atom. The van der Waals surface area contributed by atoms with E-state index in [0.29, 0.717) is 49.5 Å². The second-order valence-corrected chi connectivity index (χ2v) is 19.1. The van der Waals surface area contributed by atoms with Crippen LogP contribution in [0.1, 0.15) is 131 Å². The third kappa shape index (κ3) is 10.4. The van der Waals surface area contributed by atoms with Gasteiger partial charge in [-0.1, -0.05) is 66.7 Å². The maximum absolute atomic E-state index is 14.1. The number of piperidine rings is 1. The molecule has 6 atom stereocenters. The van der Waals surface area contributed by atoms with Gasteiger partial charge in [-0.3, -0.25) is 48.0 Å². The van der Waals surface area contributed by atoms with Crippen LogP contribution in [0.5, 0.6) is 0 Å². The number of imidazole rings is 1. The Morgan fingerprint density at radius 2 is 1.45 bits per heavy atom. The summed E-state index contributed by atoms with van der Waals surface area (Å²) in [5.41, 5.74) is 16.0. The summed E-state index contributed by atoms with van der Waals surface area (Å²) in [4.78, 5) is 107. The maximum Gasteiger partial charge on any atom is 0.329 e. The highest BCUT2D eigenvalue weighted by Gasteiger charge is 2.45. The molecule has 3 aromatic carbocycles. The van der Waals surface area contributed by atoms with Crippen LogP contribution in [0.15, 0.2) is 83.7 Å². The third-order valence-corrected chi connectivity index (χ3v) is 14.8. The fraction of sp³-hybridized carbons (Fsp3) is 0.490. The molecule has 67 heavy (non-hydrogen) atoms. The first kappa shape index (κ1) is 47.1. The van der Waals surface area contributed by atoms with E-state index in [1.165, 1.54) is 4.57 Å². The van der Waals surface area contributed by atoms with Gasteiger partial charge in [0, 0.05) is 38.3 Å². The molecule has 2 unspecified atom stereocenters. The Labute approximate surface area is 389 Å². The van der Waals surface area contributed by atoms with E-state index in [9.17, 15) is 38.4 Å². The number of fused-ring (bicyclic) bond motifs is 2. The lowest BCUT2D eigenvalue weighted by Crippen LogP contribution is -2.58. The molecule has 0 radical (unpaired) electrons. The first-order valence-corrected chi connectivity index (χ1v) is 23.9. The Morgan fingerprint density at radius 1 is 0.776 bits per heavy atom. The van der Waals surface area contributed by atoms with Crippen molar-refractivity contribution in [2.75, 3.05) is 0 Å². The molecule has 16 nitrogen and oxygen atoms in total. The van der Waals surface area contributed by atoms with E-state index in [-0.39, 0.29) is 67.4 Å². The van der Waals surface area contributed by atoms with E-state index >= 15 is 0 Å². The van der Waals surface area contributed by atoms with Crippen molar-refractivity contribution in [3.8, 4) is 0 Å². The van der Waals surface area contributed by atoms with Crippen LogP contribution in [0.2, 0.25) is 0 Å². The lowest BCUT2D eigenvalue weighted by molar-refractivity contribution is -0.143. The molecule has 6 amide bonds. The fourth-order valence-corrected chi connectivity index (χ4v) is 11.1. The van der Waals surface area contributed by atoms with Crippen LogP contribution >= 0.6 is 0 Å². The summed E-state index contributed by atoms with van der Waals surface area (Å²) in [5.74, 6) is -2.33. The second kappa shape index (κ2) is 20.6. The van der Waals surface area contributed by atoms with E-state index in [4.69, 9.17) is 11.5 Å². The number of nitrogens with one attached hydrogen (secondary N) is 3. The molecule has 3 aliphatic heterocycles. The molecule has 16 heteroatoms. The Hall–Kier alpha value is -6.42. The van der Waals surface area contributed by atoms with Crippen molar-refractivity contribution in [2.45, 2.75) is 138 Å². The van der Waals surface area contributed by atoms with Crippen LogP contribution in [0.4, 0.5) is 0 Å². The highest BCUT2D eigenvalue weighted by molar-refractivity contribution is 6.00. The number of Topliss-reactive ketones (excluding diaryl/α,β-unsaturated/α-hetero) is 1. The lowest BCUT2D eigenvalue weighted by atomic mass is 9.76. The van der Waals surface area contributed by atoms with Gasteiger partial charge >= 0.3 is 5.69 Å². The van der Waals surface area contributed by atoms with Gasteiger partial charge in [0.05, 0.1) is 23.1 Å². The Bertz CT molecular complexity index is 2530. The van der Waals surface area contributed by atoms with E-state index in [2.05, 4.69) is 16.0 Å². The first-order valence-electron chi connectivity index (χ1n) is 23.9. The van der Waals surface area contributed by atoms with Crippen LogP contribution in [0.25, 0.3) is 11.0 Å². The van der Waals surface area contributed by atoms with Gasteiger partial charge in [0.25, 0.3) is 0 Å². The van der Waals surface area contributed by atoms with Crippen LogP contribution < -0.4 is 33.1 Å². The number of nitrogens with two attached hydrogens (primary N) is 2. The largest absolute Gasteiger partial charge is 0.370 e. The molecule has 1 saturated carbocycles. The number of imide groups is 1. The van der Waals surface area contributed by atoms with Crippen molar-refractivity contribution in [1.82, 2.24) is 30.0 Å². The molecule has 4 aromatic rings. The monoisotopic (exact) mass is 914 g/mol. The molecule has 8 rings (SSSR count). The van der Waals surface area contributed by atoms with Crippen LogP contribution in [0, 0.1) is 11.8 Å². The summed E-state index contributed by atoms with van der Waals surface area (Å²) in [6.07, 6.45) is 7.51. The predicted octanol–water partition coefficient (Wildman–Crippen LogP) is 4.08. The summed E-state index contributed by atoms with van der Waals surface area (Å²) in [7, 11) is 1.70. The number of carbonyl (C=O) groups is 7. The van der Waals surface area contributed by atoms with Crippen LogP contribution in [-0.4, -0.2) is 79.4 Å². The molecule has 4 aliphatic rings. The number of hydrogen-bond acceptors (Lipinski definition) is 9. The third-order valence-electron chi connectivity index (χ3n) is 14.8. The number of amides is 6. The normalized spacial score (nSPS) is 24.9. The summed E-state index contributed by atoms with van der Waals surface area (Å²) in [6.45, 7) is 0. The molecule has 1 aliphatic carbocycles. The predicted molar refractivity (Wildman–Crippen MR) is 250 cm³/mol. The minimum Gasteiger partial charge on any atom is -0.370 e. The summed E-state index contributed by atoms with van der Waals surface area (Å²) < 4.78 is 3.06. The average molecular weight is 915 g/mol. The quantitative estimate of drug-likeness (QED) is 0.108. The number of hydrogen-bond donors (Lipinski definition) is 5. The van der Waals surface area contributed by atoms with E-state index < -0.39 is 53.8 Å². The summed E-state index contributed by atoms with van der Waals surface area (Å²) >= 11 is 0. The Balaban J connectivity index is 0.845. The van der Waals surface area contributed by atoms with Crippen LogP contribution in [0.3, 0.4) is 0 Å². The maximum atomic E-state index is 14.1. The molecule has 0 bridgehead atoms. The number of nitrogens with zero attached hydrogens (tertiary/aromatic N) is 3. The number of rotatable bonds is 15. The zero-order valence-corrected chi connectivity index (χ0v) is 38.1. The number of benzene rings is 3.